The molecule has 21 heavy (non-hydrogen) atoms. The fraction of sp³-hybridized carbons (Fsp3) is 0. The zero-order valence-corrected chi connectivity index (χ0v) is 11.8. The lowest BCUT2D eigenvalue weighted by Gasteiger charge is -2.05. The van der Waals surface area contributed by atoms with Crippen molar-refractivity contribution in [2.75, 3.05) is 0 Å². The molecule has 3 aromatic rings. The molecular formula is C16H12N2O2S. The second-order valence-electron chi connectivity index (χ2n) is 4.47. The Kier molecular flexibility index (Phi) is 3.66. The molecule has 0 spiro atoms. The minimum absolute atomic E-state index is 0.0584. The molecule has 0 radical (unpaired) electrons. The average molecular weight is 296 g/mol. The van der Waals surface area contributed by atoms with Crippen molar-refractivity contribution in [1.29, 1.82) is 0 Å². The Morgan fingerprint density at radius 2 is 1.95 bits per heavy atom. The van der Waals surface area contributed by atoms with Crippen LogP contribution in [0.1, 0.15) is 15.9 Å². The number of fused-ring (bicyclic) bond motifs is 1. The lowest BCUT2D eigenvalue weighted by Crippen LogP contribution is -2.17. The highest BCUT2D eigenvalue weighted by Gasteiger charge is 2.11. The maximum Gasteiger partial charge on any atom is 0.275 e. The second-order valence-corrected chi connectivity index (χ2v) is 5.25. The molecule has 1 amide bonds. The number of phenolic OH excluding ortho intramolecular Hbond substituents is 1. The molecule has 0 fully saturated rings. The van der Waals surface area contributed by atoms with E-state index in [1.807, 2.05) is 41.1 Å². The van der Waals surface area contributed by atoms with E-state index in [0.29, 0.717) is 0 Å². The second kappa shape index (κ2) is 5.76. The summed E-state index contributed by atoms with van der Waals surface area (Å²) in [6, 6.07) is 12.7. The van der Waals surface area contributed by atoms with Crippen molar-refractivity contribution in [2.45, 2.75) is 0 Å². The van der Waals surface area contributed by atoms with Crippen LogP contribution in [-0.4, -0.2) is 17.2 Å². The molecule has 0 unspecified atom stereocenters. The van der Waals surface area contributed by atoms with Crippen molar-refractivity contribution in [2.24, 2.45) is 5.10 Å². The largest absolute Gasteiger partial charge is 0.507 e. The van der Waals surface area contributed by atoms with Gasteiger partial charge in [-0.2, -0.15) is 16.4 Å². The van der Waals surface area contributed by atoms with Crippen LogP contribution in [0.25, 0.3) is 10.8 Å². The van der Waals surface area contributed by atoms with Crippen LogP contribution in [0.2, 0.25) is 0 Å². The van der Waals surface area contributed by atoms with E-state index in [4.69, 9.17) is 0 Å². The summed E-state index contributed by atoms with van der Waals surface area (Å²) in [5, 5.41) is 19.5. The highest BCUT2D eigenvalue weighted by Crippen LogP contribution is 2.24. The molecule has 1 aromatic heterocycles. The monoisotopic (exact) mass is 296 g/mol. The molecule has 0 saturated heterocycles. The first-order valence-corrected chi connectivity index (χ1v) is 7.26. The zero-order valence-electron chi connectivity index (χ0n) is 11.0. The van der Waals surface area contributed by atoms with Crippen LogP contribution in [-0.2, 0) is 0 Å². The van der Waals surface area contributed by atoms with Crippen molar-refractivity contribution in [3.63, 3.8) is 0 Å². The first kappa shape index (κ1) is 13.3. The summed E-state index contributed by atoms with van der Waals surface area (Å²) < 4.78 is 0. The van der Waals surface area contributed by atoms with Crippen LogP contribution < -0.4 is 5.43 Å². The van der Waals surface area contributed by atoms with Gasteiger partial charge in [-0.15, -0.1) is 0 Å². The lowest BCUT2D eigenvalue weighted by atomic mass is 10.1. The summed E-state index contributed by atoms with van der Waals surface area (Å²) in [5.74, 6) is -0.498. The summed E-state index contributed by atoms with van der Waals surface area (Å²) in [7, 11) is 0. The van der Waals surface area contributed by atoms with Gasteiger partial charge in [0.15, 0.2) is 0 Å². The van der Waals surface area contributed by atoms with Crippen LogP contribution in [0.15, 0.2) is 58.3 Å². The number of phenols is 1. The Hall–Kier alpha value is -2.66. The number of thiophene rings is 1. The Labute approximate surface area is 125 Å². The predicted octanol–water partition coefficient (Wildman–Crippen LogP) is 3.37. The Morgan fingerprint density at radius 1 is 1.19 bits per heavy atom. The summed E-state index contributed by atoms with van der Waals surface area (Å²) >= 11 is 1.55. The summed E-state index contributed by atoms with van der Waals surface area (Å²) in [6.07, 6.45) is 1.56. The number of hydrogen-bond acceptors (Lipinski definition) is 4. The number of hydrazone groups is 1. The van der Waals surface area contributed by atoms with E-state index in [-0.39, 0.29) is 11.3 Å². The third kappa shape index (κ3) is 2.93. The van der Waals surface area contributed by atoms with Gasteiger partial charge in [0.1, 0.15) is 5.75 Å². The van der Waals surface area contributed by atoms with E-state index in [2.05, 4.69) is 10.5 Å². The zero-order chi connectivity index (χ0) is 14.7. The van der Waals surface area contributed by atoms with Crippen LogP contribution in [0, 0.1) is 0 Å². The minimum Gasteiger partial charge on any atom is -0.507 e. The smallest absolute Gasteiger partial charge is 0.275 e. The van der Waals surface area contributed by atoms with E-state index >= 15 is 0 Å². The molecule has 104 valence electrons. The quantitative estimate of drug-likeness (QED) is 0.575. The fourth-order valence-corrected chi connectivity index (χ4v) is 2.60. The number of carbonyl (C=O) groups is 1. The first-order chi connectivity index (χ1) is 10.2. The average Bonchev–Trinajstić information content (AvgIpc) is 2.99. The number of amides is 1. The summed E-state index contributed by atoms with van der Waals surface area (Å²) in [6.45, 7) is 0. The highest BCUT2D eigenvalue weighted by molar-refractivity contribution is 7.08. The topological polar surface area (TPSA) is 61.7 Å². The summed E-state index contributed by atoms with van der Waals surface area (Å²) in [5.41, 5.74) is 3.54. The molecule has 2 N–H and O–H groups in total. The van der Waals surface area contributed by atoms with Gasteiger partial charge >= 0.3 is 0 Å². The first-order valence-electron chi connectivity index (χ1n) is 6.31. The van der Waals surface area contributed by atoms with Crippen molar-refractivity contribution in [1.82, 2.24) is 5.43 Å². The predicted molar refractivity (Wildman–Crippen MR) is 85.0 cm³/mol. The van der Waals surface area contributed by atoms with Crippen molar-refractivity contribution in [3.05, 3.63) is 64.4 Å². The van der Waals surface area contributed by atoms with Crippen LogP contribution in [0.4, 0.5) is 0 Å². The van der Waals surface area contributed by atoms with Gasteiger partial charge in [0.25, 0.3) is 5.91 Å². The third-order valence-electron chi connectivity index (χ3n) is 3.03. The number of carbonyl (C=O) groups excluding carboxylic acids is 1. The number of hydrogen-bond donors (Lipinski definition) is 2. The Morgan fingerprint density at radius 3 is 2.67 bits per heavy atom. The Balaban J connectivity index is 1.82. The van der Waals surface area contributed by atoms with Gasteiger partial charge in [0, 0.05) is 5.56 Å². The van der Waals surface area contributed by atoms with E-state index in [9.17, 15) is 9.90 Å². The molecule has 3 rings (SSSR count). The number of nitrogens with one attached hydrogen (secondary N) is 1. The molecule has 4 nitrogen and oxygen atoms in total. The van der Waals surface area contributed by atoms with Gasteiger partial charge in [0.05, 0.1) is 11.8 Å². The van der Waals surface area contributed by atoms with Gasteiger partial charge in [-0.05, 0) is 39.7 Å². The maximum absolute atomic E-state index is 12.1. The van der Waals surface area contributed by atoms with Gasteiger partial charge in [-0.3, -0.25) is 4.79 Å². The van der Waals surface area contributed by atoms with E-state index in [1.54, 1.807) is 29.7 Å². The molecule has 2 aromatic carbocycles. The third-order valence-corrected chi connectivity index (χ3v) is 3.73. The molecule has 1 heterocycles. The number of aromatic hydroxyl groups is 1. The lowest BCUT2D eigenvalue weighted by molar-refractivity contribution is 0.0952. The van der Waals surface area contributed by atoms with Crippen molar-refractivity contribution >= 4 is 34.2 Å². The van der Waals surface area contributed by atoms with Gasteiger partial charge in [-0.1, -0.05) is 24.3 Å². The van der Waals surface area contributed by atoms with Crippen molar-refractivity contribution < 1.29 is 9.90 Å². The van der Waals surface area contributed by atoms with Gasteiger partial charge in [0.2, 0.25) is 0 Å². The van der Waals surface area contributed by atoms with Crippen LogP contribution >= 0.6 is 11.3 Å². The molecule has 0 aliphatic rings. The normalized spacial score (nSPS) is 11.0. The Bertz CT molecular complexity index is 810. The molecule has 0 aliphatic heterocycles. The molecule has 0 bridgehead atoms. The van der Waals surface area contributed by atoms with E-state index < -0.39 is 5.91 Å². The molecule has 5 heteroatoms. The molecule has 0 aliphatic carbocycles. The summed E-state index contributed by atoms with van der Waals surface area (Å²) in [4.78, 5) is 12.1. The van der Waals surface area contributed by atoms with E-state index in [1.165, 1.54) is 0 Å². The SMILES string of the molecule is O=C(NN=Cc1ccsc1)c1cc2ccccc2cc1O. The number of nitrogens with zero attached hydrogens (tertiary/aromatic N) is 1. The van der Waals surface area contributed by atoms with E-state index in [0.717, 1.165) is 16.3 Å². The van der Waals surface area contributed by atoms with Crippen molar-refractivity contribution in [3.8, 4) is 5.75 Å². The fourth-order valence-electron chi connectivity index (χ4n) is 1.98. The standard InChI is InChI=1S/C16H12N2O2S/c19-15-8-13-4-2-1-3-12(13)7-14(15)16(20)18-17-9-11-5-6-21-10-11/h1-10,19H,(H,18,20). The molecule has 0 atom stereocenters. The van der Waals surface area contributed by atoms with Gasteiger partial charge in [-0.25, -0.2) is 5.43 Å². The highest BCUT2D eigenvalue weighted by atomic mass is 32.1. The number of benzene rings is 2. The molecule has 0 saturated carbocycles. The maximum atomic E-state index is 12.1. The molecular weight excluding hydrogens is 284 g/mol. The van der Waals surface area contributed by atoms with Gasteiger partial charge < -0.3 is 5.11 Å². The minimum atomic E-state index is -0.440. The number of rotatable bonds is 3. The van der Waals surface area contributed by atoms with Crippen LogP contribution in [0.3, 0.4) is 0 Å². The van der Waals surface area contributed by atoms with Crippen LogP contribution in [0.5, 0.6) is 5.75 Å².